The van der Waals surface area contributed by atoms with Crippen LogP contribution in [-0.2, 0) is 21.4 Å². The second-order valence-corrected chi connectivity index (χ2v) is 8.89. The van der Waals surface area contributed by atoms with Crippen LogP contribution in [0.3, 0.4) is 0 Å². The third-order valence-corrected chi connectivity index (χ3v) is 6.41. The highest BCUT2D eigenvalue weighted by Crippen LogP contribution is 2.23. The lowest BCUT2D eigenvalue weighted by Gasteiger charge is -2.38. The van der Waals surface area contributed by atoms with Gasteiger partial charge in [-0.3, -0.25) is 0 Å². The zero-order chi connectivity index (χ0) is 19.4. The minimum absolute atomic E-state index is 0.184. The van der Waals surface area contributed by atoms with Gasteiger partial charge in [-0.15, -0.1) is 0 Å². The number of nitrogens with one attached hydrogen (secondary N) is 1. The molecule has 0 atom stereocenters. The van der Waals surface area contributed by atoms with E-state index in [2.05, 4.69) is 19.2 Å². The normalized spacial score (nSPS) is 15.4. The maximum absolute atomic E-state index is 12.6. The first-order valence-electron chi connectivity index (χ1n) is 8.93. The molecular weight excluding hydrogens is 364 g/mol. The second-order valence-electron chi connectivity index (χ2n) is 6.95. The van der Waals surface area contributed by atoms with Gasteiger partial charge in [0, 0.05) is 13.1 Å². The van der Waals surface area contributed by atoms with Crippen LogP contribution >= 0.6 is 0 Å². The van der Waals surface area contributed by atoms with Gasteiger partial charge in [-0.25, -0.2) is 13.2 Å². The molecule has 0 saturated carbocycles. The van der Waals surface area contributed by atoms with E-state index in [4.69, 9.17) is 4.74 Å². The minimum atomic E-state index is -3.53. The van der Waals surface area contributed by atoms with Crippen molar-refractivity contribution in [3.63, 3.8) is 0 Å². The molecule has 2 aromatic rings. The number of hydrogen-bond acceptors (Lipinski definition) is 4. The molecule has 6 nitrogen and oxygen atoms in total. The number of alkyl carbamates (subject to hydrolysis) is 1. The van der Waals surface area contributed by atoms with Gasteiger partial charge in [0.15, 0.2) is 0 Å². The fraction of sp³-hybridized carbons (Fsp3) is 0.350. The van der Waals surface area contributed by atoms with Crippen LogP contribution in [-0.4, -0.2) is 37.9 Å². The Morgan fingerprint density at radius 1 is 1.11 bits per heavy atom. The lowest BCUT2D eigenvalue weighted by Crippen LogP contribution is -2.60. The van der Waals surface area contributed by atoms with Gasteiger partial charge in [0.25, 0.3) is 0 Å². The van der Waals surface area contributed by atoms with Crippen LogP contribution in [0.25, 0.3) is 0 Å². The zero-order valence-corrected chi connectivity index (χ0v) is 16.3. The van der Waals surface area contributed by atoms with E-state index < -0.39 is 16.1 Å². The van der Waals surface area contributed by atoms with Gasteiger partial charge >= 0.3 is 6.09 Å². The van der Waals surface area contributed by atoms with E-state index in [9.17, 15) is 13.2 Å². The average molecular weight is 388 g/mol. The Labute approximate surface area is 160 Å². The molecule has 2 aromatic carbocycles. The molecule has 0 aliphatic carbocycles. The fourth-order valence-corrected chi connectivity index (χ4v) is 4.36. The standard InChI is InChI=1S/C20H24N2O4S/c1-15(2)17-8-10-19(11-9-17)27(24,25)22-12-18(13-22)21-20(23)26-14-16-6-4-3-5-7-16/h3-11,15,18H,12-14H2,1-2H3,(H,21,23). The highest BCUT2D eigenvalue weighted by molar-refractivity contribution is 7.89. The van der Waals surface area contributed by atoms with E-state index in [1.54, 1.807) is 12.1 Å². The molecule has 0 spiro atoms. The minimum Gasteiger partial charge on any atom is -0.445 e. The number of sulfonamides is 1. The first-order chi connectivity index (χ1) is 12.9. The Morgan fingerprint density at radius 3 is 2.33 bits per heavy atom. The molecule has 0 aromatic heterocycles. The predicted molar refractivity (Wildman–Crippen MR) is 103 cm³/mol. The third kappa shape index (κ3) is 4.67. The highest BCUT2D eigenvalue weighted by atomic mass is 32.2. The van der Waals surface area contributed by atoms with Crippen molar-refractivity contribution in [1.29, 1.82) is 0 Å². The Hall–Kier alpha value is -2.38. The van der Waals surface area contributed by atoms with Gasteiger partial charge in [-0.2, -0.15) is 4.31 Å². The van der Waals surface area contributed by atoms with E-state index >= 15 is 0 Å². The van der Waals surface area contributed by atoms with Crippen LogP contribution < -0.4 is 5.32 Å². The Morgan fingerprint density at radius 2 is 1.74 bits per heavy atom. The number of amides is 1. The van der Waals surface area contributed by atoms with Gasteiger partial charge in [-0.05, 0) is 29.2 Å². The number of nitrogens with zero attached hydrogens (tertiary/aromatic N) is 1. The number of carbonyl (C=O) groups is 1. The molecule has 3 rings (SSSR count). The molecular formula is C20H24N2O4S. The molecule has 0 radical (unpaired) electrons. The lowest BCUT2D eigenvalue weighted by molar-refractivity contribution is 0.123. The number of hydrogen-bond donors (Lipinski definition) is 1. The van der Waals surface area contributed by atoms with Gasteiger partial charge in [-0.1, -0.05) is 56.3 Å². The van der Waals surface area contributed by atoms with Gasteiger partial charge in [0.1, 0.15) is 6.61 Å². The Balaban J connectivity index is 1.48. The molecule has 7 heteroatoms. The highest BCUT2D eigenvalue weighted by Gasteiger charge is 2.37. The quantitative estimate of drug-likeness (QED) is 0.825. The summed E-state index contributed by atoms with van der Waals surface area (Å²) in [6.45, 7) is 4.80. The summed E-state index contributed by atoms with van der Waals surface area (Å²) >= 11 is 0. The first kappa shape index (κ1) is 19.4. The van der Waals surface area contributed by atoms with Crippen molar-refractivity contribution in [3.05, 3.63) is 65.7 Å². The topological polar surface area (TPSA) is 75.7 Å². The SMILES string of the molecule is CC(C)c1ccc(S(=O)(=O)N2CC(NC(=O)OCc3ccccc3)C2)cc1. The van der Waals surface area contributed by atoms with Crippen molar-refractivity contribution in [3.8, 4) is 0 Å². The lowest BCUT2D eigenvalue weighted by atomic mass is 10.0. The number of rotatable bonds is 6. The van der Waals surface area contributed by atoms with Crippen molar-refractivity contribution in [2.45, 2.75) is 37.3 Å². The summed E-state index contributed by atoms with van der Waals surface area (Å²) in [6.07, 6.45) is -0.540. The number of ether oxygens (including phenoxy) is 1. The van der Waals surface area contributed by atoms with Crippen molar-refractivity contribution in [2.24, 2.45) is 0 Å². The molecule has 1 saturated heterocycles. The summed E-state index contributed by atoms with van der Waals surface area (Å²) < 4.78 is 31.8. The van der Waals surface area contributed by atoms with E-state index in [0.717, 1.165) is 11.1 Å². The fourth-order valence-electron chi connectivity index (χ4n) is 2.83. The van der Waals surface area contributed by atoms with E-state index in [1.165, 1.54) is 4.31 Å². The predicted octanol–water partition coefficient (Wildman–Crippen LogP) is 3.11. The maximum atomic E-state index is 12.6. The van der Waals surface area contributed by atoms with Crippen molar-refractivity contribution in [2.75, 3.05) is 13.1 Å². The van der Waals surface area contributed by atoms with Gasteiger partial charge < -0.3 is 10.1 Å². The molecule has 1 amide bonds. The monoisotopic (exact) mass is 388 g/mol. The Bertz CT molecular complexity index is 874. The first-order valence-corrected chi connectivity index (χ1v) is 10.4. The molecule has 1 fully saturated rings. The molecule has 1 N–H and O–H groups in total. The summed E-state index contributed by atoms with van der Waals surface area (Å²) in [6, 6.07) is 16.1. The maximum Gasteiger partial charge on any atom is 0.407 e. The summed E-state index contributed by atoms with van der Waals surface area (Å²) in [7, 11) is -3.53. The van der Waals surface area contributed by atoms with Crippen LogP contribution in [0.2, 0.25) is 0 Å². The largest absolute Gasteiger partial charge is 0.445 e. The molecule has 0 bridgehead atoms. The van der Waals surface area contributed by atoms with Crippen LogP contribution in [0.1, 0.15) is 30.9 Å². The van der Waals surface area contributed by atoms with Crippen molar-refractivity contribution < 1.29 is 17.9 Å². The molecule has 0 unspecified atom stereocenters. The molecule has 1 heterocycles. The van der Waals surface area contributed by atoms with E-state index in [-0.39, 0.29) is 30.6 Å². The zero-order valence-electron chi connectivity index (χ0n) is 15.5. The smallest absolute Gasteiger partial charge is 0.407 e. The number of benzene rings is 2. The molecule has 1 aliphatic rings. The average Bonchev–Trinajstić information content (AvgIpc) is 2.63. The van der Waals surface area contributed by atoms with Crippen LogP contribution in [0.5, 0.6) is 0 Å². The van der Waals surface area contributed by atoms with Crippen LogP contribution in [0, 0.1) is 0 Å². The number of carbonyl (C=O) groups excluding carboxylic acids is 1. The van der Waals surface area contributed by atoms with E-state index in [1.807, 2.05) is 42.5 Å². The molecule has 27 heavy (non-hydrogen) atoms. The summed E-state index contributed by atoms with van der Waals surface area (Å²) in [5.41, 5.74) is 1.99. The van der Waals surface area contributed by atoms with Crippen LogP contribution in [0.4, 0.5) is 4.79 Å². The third-order valence-electron chi connectivity index (χ3n) is 4.57. The molecule has 1 aliphatic heterocycles. The summed E-state index contributed by atoms with van der Waals surface area (Å²) in [4.78, 5) is 12.1. The second kappa shape index (κ2) is 8.10. The van der Waals surface area contributed by atoms with Crippen molar-refractivity contribution >= 4 is 16.1 Å². The van der Waals surface area contributed by atoms with Crippen LogP contribution in [0.15, 0.2) is 59.5 Å². The molecule has 144 valence electrons. The van der Waals surface area contributed by atoms with Crippen molar-refractivity contribution in [1.82, 2.24) is 9.62 Å². The summed E-state index contributed by atoms with van der Waals surface area (Å²) in [5, 5.41) is 2.70. The van der Waals surface area contributed by atoms with E-state index in [0.29, 0.717) is 5.92 Å². The summed E-state index contributed by atoms with van der Waals surface area (Å²) in [5.74, 6) is 0.348. The van der Waals surface area contributed by atoms with Gasteiger partial charge in [0.2, 0.25) is 10.0 Å². The van der Waals surface area contributed by atoms with Gasteiger partial charge in [0.05, 0.1) is 10.9 Å². The Kier molecular flexibility index (Phi) is 5.82.